The van der Waals surface area contributed by atoms with Crippen molar-refractivity contribution in [1.29, 1.82) is 0 Å². The third-order valence-electron chi connectivity index (χ3n) is 2.22. The van der Waals surface area contributed by atoms with E-state index in [1.54, 1.807) is 0 Å². The molecule has 0 aliphatic carbocycles. The smallest absolute Gasteiger partial charge is 0.00917 e. The fourth-order valence-electron chi connectivity index (χ4n) is 1.33. The van der Waals surface area contributed by atoms with Gasteiger partial charge in [0.25, 0.3) is 0 Å². The van der Waals surface area contributed by atoms with Gasteiger partial charge in [-0.1, -0.05) is 55.5 Å². The highest BCUT2D eigenvalue weighted by Gasteiger charge is 1.91. The molecule has 0 aliphatic rings. The predicted molar refractivity (Wildman–Crippen MR) is 63.5 cm³/mol. The molecule has 74 valence electrons. The van der Waals surface area contributed by atoms with Crippen LogP contribution < -0.4 is 0 Å². The van der Waals surface area contributed by atoms with E-state index in [2.05, 4.69) is 62.4 Å². The largest absolute Gasteiger partial charge is 0.0848 e. The lowest BCUT2D eigenvalue weighted by atomic mass is 10.1. The van der Waals surface area contributed by atoms with Crippen LogP contribution in [0.15, 0.2) is 48.6 Å². The highest BCUT2D eigenvalue weighted by Crippen LogP contribution is 2.07. The summed E-state index contributed by atoms with van der Waals surface area (Å²) in [4.78, 5) is 0. The second-order valence-electron chi connectivity index (χ2n) is 3.40. The van der Waals surface area contributed by atoms with Crippen molar-refractivity contribution < 1.29 is 0 Å². The van der Waals surface area contributed by atoms with E-state index in [0.29, 0.717) is 0 Å². The second-order valence-corrected chi connectivity index (χ2v) is 3.40. The van der Waals surface area contributed by atoms with E-state index in [-0.39, 0.29) is 0 Å². The van der Waals surface area contributed by atoms with Gasteiger partial charge in [-0.25, -0.2) is 0 Å². The Morgan fingerprint density at radius 2 is 1.79 bits per heavy atom. The summed E-state index contributed by atoms with van der Waals surface area (Å²) in [6, 6.07) is 8.52. The Bertz CT molecular complexity index is 319. The van der Waals surface area contributed by atoms with Crippen molar-refractivity contribution in [1.82, 2.24) is 0 Å². The zero-order valence-corrected chi connectivity index (χ0v) is 9.03. The molecule has 0 radical (unpaired) electrons. The molecule has 0 nitrogen and oxygen atoms in total. The molecular weight excluding hydrogens is 168 g/mol. The van der Waals surface area contributed by atoms with Crippen LogP contribution in [-0.2, 0) is 6.42 Å². The minimum absolute atomic E-state index is 1.03. The first kappa shape index (κ1) is 10.8. The minimum Gasteiger partial charge on any atom is -0.0848 e. The summed E-state index contributed by atoms with van der Waals surface area (Å²) in [7, 11) is 0. The van der Waals surface area contributed by atoms with Gasteiger partial charge in [0.05, 0.1) is 0 Å². The van der Waals surface area contributed by atoms with E-state index >= 15 is 0 Å². The number of benzene rings is 1. The first-order valence-corrected chi connectivity index (χ1v) is 5.20. The molecule has 0 saturated carbocycles. The first-order chi connectivity index (χ1) is 6.84. The van der Waals surface area contributed by atoms with Gasteiger partial charge in [-0.3, -0.25) is 0 Å². The van der Waals surface area contributed by atoms with Crippen LogP contribution >= 0.6 is 0 Å². The number of hydrogen-bond donors (Lipinski definition) is 0. The molecule has 0 spiro atoms. The molecule has 0 atom stereocenters. The molecule has 0 amide bonds. The Hall–Kier alpha value is -1.30. The quantitative estimate of drug-likeness (QED) is 0.622. The van der Waals surface area contributed by atoms with Gasteiger partial charge in [-0.05, 0) is 30.9 Å². The van der Waals surface area contributed by atoms with Gasteiger partial charge in [0.2, 0.25) is 0 Å². The lowest BCUT2D eigenvalue weighted by Crippen LogP contribution is -1.84. The minimum atomic E-state index is 1.03. The molecular formula is C14H18. The molecule has 0 heteroatoms. The highest BCUT2D eigenvalue weighted by atomic mass is 14.0. The summed E-state index contributed by atoms with van der Waals surface area (Å²) in [5.74, 6) is 0. The Balaban J connectivity index is 2.49. The van der Waals surface area contributed by atoms with Crippen LogP contribution in [0.25, 0.3) is 0 Å². The van der Waals surface area contributed by atoms with Crippen molar-refractivity contribution in [3.63, 3.8) is 0 Å². The molecule has 14 heavy (non-hydrogen) atoms. The fourth-order valence-corrected chi connectivity index (χ4v) is 1.33. The molecule has 0 unspecified atom stereocenters. The van der Waals surface area contributed by atoms with Crippen LogP contribution in [0.4, 0.5) is 0 Å². The van der Waals surface area contributed by atoms with Crippen LogP contribution in [-0.4, -0.2) is 0 Å². The van der Waals surface area contributed by atoms with Crippen molar-refractivity contribution in [2.24, 2.45) is 0 Å². The topological polar surface area (TPSA) is 0 Å². The maximum absolute atomic E-state index is 2.20. The van der Waals surface area contributed by atoms with Crippen molar-refractivity contribution in [3.8, 4) is 0 Å². The molecule has 0 bridgehead atoms. The molecule has 0 fully saturated rings. The summed E-state index contributed by atoms with van der Waals surface area (Å²) >= 11 is 0. The van der Waals surface area contributed by atoms with Gasteiger partial charge >= 0.3 is 0 Å². The molecule has 0 saturated heterocycles. The van der Waals surface area contributed by atoms with Gasteiger partial charge in [0.15, 0.2) is 0 Å². The van der Waals surface area contributed by atoms with Crippen LogP contribution in [0.5, 0.6) is 0 Å². The molecule has 1 rings (SSSR count). The normalized spacial score (nSPS) is 11.6. The van der Waals surface area contributed by atoms with Crippen LogP contribution in [0.1, 0.15) is 24.5 Å². The van der Waals surface area contributed by atoms with Crippen molar-refractivity contribution in [2.75, 3.05) is 0 Å². The molecule has 0 heterocycles. The van der Waals surface area contributed by atoms with E-state index in [1.165, 1.54) is 11.1 Å². The zero-order valence-electron chi connectivity index (χ0n) is 9.03. The monoisotopic (exact) mass is 186 g/mol. The SMILES string of the molecule is CC/C=C\C=C/Cc1ccccc1C. The van der Waals surface area contributed by atoms with Gasteiger partial charge in [-0.15, -0.1) is 0 Å². The van der Waals surface area contributed by atoms with Crippen LogP contribution in [0.2, 0.25) is 0 Å². The third kappa shape index (κ3) is 3.61. The molecule has 1 aromatic rings. The maximum atomic E-state index is 2.20. The third-order valence-corrected chi connectivity index (χ3v) is 2.22. The number of hydrogen-bond acceptors (Lipinski definition) is 0. The summed E-state index contributed by atoms with van der Waals surface area (Å²) in [6.45, 7) is 4.30. The molecule has 0 N–H and O–H groups in total. The Labute approximate surface area is 87.0 Å². The van der Waals surface area contributed by atoms with Gasteiger partial charge in [0.1, 0.15) is 0 Å². The molecule has 0 aliphatic heterocycles. The lowest BCUT2D eigenvalue weighted by Gasteiger charge is -2.00. The first-order valence-electron chi connectivity index (χ1n) is 5.20. The summed E-state index contributed by atoms with van der Waals surface area (Å²) < 4.78 is 0. The van der Waals surface area contributed by atoms with Crippen molar-refractivity contribution in [3.05, 3.63) is 59.7 Å². The average Bonchev–Trinajstić information content (AvgIpc) is 2.20. The van der Waals surface area contributed by atoms with E-state index < -0.39 is 0 Å². The van der Waals surface area contributed by atoms with E-state index in [9.17, 15) is 0 Å². The van der Waals surface area contributed by atoms with Crippen molar-refractivity contribution >= 4 is 0 Å². The standard InChI is InChI=1S/C14H18/c1-3-4-5-6-7-11-14-12-9-8-10-13(14)2/h4-10,12H,3,11H2,1-2H3/b5-4-,7-6-. The summed E-state index contributed by atoms with van der Waals surface area (Å²) in [6.07, 6.45) is 10.7. The molecule has 1 aromatic carbocycles. The van der Waals surface area contributed by atoms with E-state index in [1.807, 2.05) is 0 Å². The molecule has 0 aromatic heterocycles. The van der Waals surface area contributed by atoms with Crippen LogP contribution in [0, 0.1) is 6.92 Å². The number of allylic oxidation sites excluding steroid dienone is 4. The zero-order chi connectivity index (χ0) is 10.2. The van der Waals surface area contributed by atoms with E-state index in [4.69, 9.17) is 0 Å². The van der Waals surface area contributed by atoms with Gasteiger partial charge in [-0.2, -0.15) is 0 Å². The lowest BCUT2D eigenvalue weighted by molar-refractivity contribution is 1.21. The second kappa shape index (κ2) is 6.20. The predicted octanol–water partition coefficient (Wildman–Crippen LogP) is 4.06. The number of aryl methyl sites for hydroxylation is 1. The van der Waals surface area contributed by atoms with Crippen molar-refractivity contribution in [2.45, 2.75) is 26.7 Å². The van der Waals surface area contributed by atoms with E-state index in [0.717, 1.165) is 12.8 Å². The average molecular weight is 186 g/mol. The Kier molecular flexibility index (Phi) is 4.77. The summed E-state index contributed by atoms with van der Waals surface area (Å²) in [5.41, 5.74) is 2.78. The fraction of sp³-hybridized carbons (Fsp3) is 0.286. The van der Waals surface area contributed by atoms with Crippen LogP contribution in [0.3, 0.4) is 0 Å². The maximum Gasteiger partial charge on any atom is -0.00917 e. The van der Waals surface area contributed by atoms with Gasteiger partial charge in [0, 0.05) is 0 Å². The highest BCUT2D eigenvalue weighted by molar-refractivity contribution is 5.27. The number of rotatable bonds is 4. The Morgan fingerprint density at radius 3 is 2.50 bits per heavy atom. The summed E-state index contributed by atoms with van der Waals surface area (Å²) in [5, 5.41) is 0. The van der Waals surface area contributed by atoms with Gasteiger partial charge < -0.3 is 0 Å². The Morgan fingerprint density at radius 1 is 1.07 bits per heavy atom.